The highest BCUT2D eigenvalue weighted by atomic mass is 16.5. The van der Waals surface area contributed by atoms with E-state index in [1.165, 1.54) is 28.8 Å². The first kappa shape index (κ1) is 16.5. The number of rotatable bonds is 4. The Morgan fingerprint density at radius 2 is 1.96 bits per heavy atom. The minimum atomic E-state index is 0.202. The normalized spacial score (nSPS) is 24.8. The minimum absolute atomic E-state index is 0.202. The summed E-state index contributed by atoms with van der Waals surface area (Å²) in [6.45, 7) is 5.79. The van der Waals surface area contributed by atoms with Crippen molar-refractivity contribution in [3.63, 3.8) is 0 Å². The molecule has 1 fully saturated rings. The molecule has 0 bridgehead atoms. The van der Waals surface area contributed by atoms with Gasteiger partial charge in [-0.15, -0.1) is 0 Å². The van der Waals surface area contributed by atoms with E-state index >= 15 is 0 Å². The molecule has 3 atom stereocenters. The number of anilines is 1. The van der Waals surface area contributed by atoms with E-state index in [4.69, 9.17) is 9.47 Å². The van der Waals surface area contributed by atoms with Gasteiger partial charge in [0.05, 0.1) is 18.8 Å². The summed E-state index contributed by atoms with van der Waals surface area (Å²) in [6, 6.07) is 15.6. The van der Waals surface area contributed by atoms with E-state index in [1.807, 2.05) is 6.92 Å². The van der Waals surface area contributed by atoms with Crippen LogP contribution in [0.3, 0.4) is 0 Å². The summed E-state index contributed by atoms with van der Waals surface area (Å²) >= 11 is 0. The van der Waals surface area contributed by atoms with Crippen LogP contribution in [0.25, 0.3) is 0 Å². The lowest BCUT2D eigenvalue weighted by atomic mass is 9.77. The van der Waals surface area contributed by atoms with Gasteiger partial charge in [-0.2, -0.15) is 0 Å². The van der Waals surface area contributed by atoms with Crippen LogP contribution in [-0.4, -0.2) is 13.2 Å². The molecule has 2 aliphatic heterocycles. The number of fused-ring (bicyclic) bond motifs is 3. The lowest BCUT2D eigenvalue weighted by Gasteiger charge is -2.43. The summed E-state index contributed by atoms with van der Waals surface area (Å²) < 4.78 is 11.8. The van der Waals surface area contributed by atoms with E-state index < -0.39 is 0 Å². The Bertz CT molecular complexity index is 725. The number of aryl methyl sites for hydroxylation is 1. The van der Waals surface area contributed by atoms with Gasteiger partial charge >= 0.3 is 0 Å². The Morgan fingerprint density at radius 3 is 2.72 bits per heavy atom. The summed E-state index contributed by atoms with van der Waals surface area (Å²) in [7, 11) is 0. The van der Waals surface area contributed by atoms with Crippen LogP contribution in [0.4, 0.5) is 5.69 Å². The predicted octanol–water partition coefficient (Wildman–Crippen LogP) is 5.28. The third-order valence-corrected chi connectivity index (χ3v) is 5.49. The maximum absolute atomic E-state index is 6.26. The standard InChI is InChI=1S/C22H27NO2/c1-3-15-7-12-20-19(14-15)22-18(6-5-13-25-22)21(23-20)16-8-10-17(11-9-16)24-4-2/h7-12,14,18,21-23H,3-6,13H2,1-2H3/t18-,21-,22-/m0/s1. The maximum Gasteiger partial charge on any atom is 0.119 e. The van der Waals surface area contributed by atoms with Crippen molar-refractivity contribution in [1.82, 2.24) is 0 Å². The van der Waals surface area contributed by atoms with Gasteiger partial charge in [-0.05, 0) is 55.5 Å². The average molecular weight is 337 g/mol. The molecule has 4 rings (SSSR count). The third kappa shape index (κ3) is 3.13. The van der Waals surface area contributed by atoms with Crippen LogP contribution in [0.2, 0.25) is 0 Å². The molecule has 0 aliphatic carbocycles. The second-order valence-corrected chi connectivity index (χ2v) is 7.00. The Kier molecular flexibility index (Phi) is 4.67. The largest absolute Gasteiger partial charge is 0.494 e. The number of benzene rings is 2. The van der Waals surface area contributed by atoms with Crippen LogP contribution in [0.15, 0.2) is 42.5 Å². The summed E-state index contributed by atoms with van der Waals surface area (Å²) in [5.74, 6) is 1.41. The van der Waals surface area contributed by atoms with Crippen LogP contribution in [0, 0.1) is 5.92 Å². The first-order valence-electron chi connectivity index (χ1n) is 9.54. The first-order chi connectivity index (χ1) is 12.3. The van der Waals surface area contributed by atoms with Gasteiger partial charge < -0.3 is 14.8 Å². The van der Waals surface area contributed by atoms with Crippen LogP contribution in [0.5, 0.6) is 5.75 Å². The number of nitrogens with one attached hydrogen (secondary N) is 1. The van der Waals surface area contributed by atoms with E-state index in [0.717, 1.165) is 25.2 Å². The molecule has 2 aromatic carbocycles. The molecular weight excluding hydrogens is 310 g/mol. The second-order valence-electron chi connectivity index (χ2n) is 7.00. The van der Waals surface area contributed by atoms with Crippen molar-refractivity contribution < 1.29 is 9.47 Å². The molecule has 0 unspecified atom stereocenters. The Hall–Kier alpha value is -2.00. The van der Waals surface area contributed by atoms with Gasteiger partial charge in [0, 0.05) is 23.8 Å². The summed E-state index contributed by atoms with van der Waals surface area (Å²) in [5.41, 5.74) is 5.26. The molecule has 0 aromatic heterocycles. The second kappa shape index (κ2) is 7.09. The Morgan fingerprint density at radius 1 is 1.12 bits per heavy atom. The lowest BCUT2D eigenvalue weighted by Crippen LogP contribution is -2.36. The zero-order chi connectivity index (χ0) is 17.2. The maximum atomic E-state index is 6.26. The molecule has 2 aliphatic rings. The molecule has 0 amide bonds. The topological polar surface area (TPSA) is 30.5 Å². The van der Waals surface area contributed by atoms with Crippen LogP contribution < -0.4 is 10.1 Å². The molecule has 132 valence electrons. The molecule has 2 heterocycles. The molecule has 3 nitrogen and oxygen atoms in total. The summed E-state index contributed by atoms with van der Waals surface area (Å²) in [5, 5.41) is 3.79. The van der Waals surface area contributed by atoms with Crippen molar-refractivity contribution in [2.45, 2.75) is 45.3 Å². The Balaban J connectivity index is 1.68. The summed E-state index contributed by atoms with van der Waals surface area (Å²) in [6.07, 6.45) is 3.60. The molecule has 2 aromatic rings. The fourth-order valence-corrected chi connectivity index (χ4v) is 4.21. The SMILES string of the molecule is CCOc1ccc([C@@H]2Nc3ccc(CC)cc3[C@H]3OCCC[C@H]32)cc1. The molecule has 3 heteroatoms. The highest BCUT2D eigenvalue weighted by Gasteiger charge is 2.39. The van der Waals surface area contributed by atoms with Gasteiger partial charge in [-0.25, -0.2) is 0 Å². The van der Waals surface area contributed by atoms with Crippen molar-refractivity contribution >= 4 is 5.69 Å². The molecular formula is C22H27NO2. The van der Waals surface area contributed by atoms with Gasteiger partial charge in [-0.1, -0.05) is 31.2 Å². The Labute approximate surface area is 150 Å². The lowest BCUT2D eigenvalue weighted by molar-refractivity contribution is -0.0381. The van der Waals surface area contributed by atoms with Crippen molar-refractivity contribution in [3.8, 4) is 5.75 Å². The monoisotopic (exact) mass is 337 g/mol. The third-order valence-electron chi connectivity index (χ3n) is 5.49. The van der Waals surface area contributed by atoms with Crippen LogP contribution in [0.1, 0.15) is 55.5 Å². The highest BCUT2D eigenvalue weighted by Crippen LogP contribution is 2.49. The number of hydrogen-bond donors (Lipinski definition) is 1. The predicted molar refractivity (Wildman–Crippen MR) is 101 cm³/mol. The smallest absolute Gasteiger partial charge is 0.119 e. The fourth-order valence-electron chi connectivity index (χ4n) is 4.21. The first-order valence-corrected chi connectivity index (χ1v) is 9.54. The van der Waals surface area contributed by atoms with Gasteiger partial charge in [0.2, 0.25) is 0 Å². The minimum Gasteiger partial charge on any atom is -0.494 e. The van der Waals surface area contributed by atoms with E-state index in [-0.39, 0.29) is 6.10 Å². The zero-order valence-electron chi connectivity index (χ0n) is 15.1. The summed E-state index contributed by atoms with van der Waals surface area (Å²) in [4.78, 5) is 0. The zero-order valence-corrected chi connectivity index (χ0v) is 15.1. The van der Waals surface area contributed by atoms with E-state index in [2.05, 4.69) is 54.7 Å². The van der Waals surface area contributed by atoms with Crippen molar-refractivity contribution in [3.05, 3.63) is 59.2 Å². The highest BCUT2D eigenvalue weighted by molar-refractivity contribution is 5.58. The number of hydrogen-bond acceptors (Lipinski definition) is 3. The molecule has 0 saturated carbocycles. The average Bonchev–Trinajstić information content (AvgIpc) is 2.68. The van der Waals surface area contributed by atoms with Gasteiger partial charge in [0.1, 0.15) is 5.75 Å². The van der Waals surface area contributed by atoms with Crippen molar-refractivity contribution in [1.29, 1.82) is 0 Å². The van der Waals surface area contributed by atoms with Crippen LogP contribution >= 0.6 is 0 Å². The molecule has 1 N–H and O–H groups in total. The van der Waals surface area contributed by atoms with E-state index in [9.17, 15) is 0 Å². The van der Waals surface area contributed by atoms with E-state index in [1.54, 1.807) is 0 Å². The van der Waals surface area contributed by atoms with E-state index in [0.29, 0.717) is 18.6 Å². The van der Waals surface area contributed by atoms with Gasteiger partial charge in [-0.3, -0.25) is 0 Å². The molecule has 25 heavy (non-hydrogen) atoms. The molecule has 1 saturated heterocycles. The van der Waals surface area contributed by atoms with Gasteiger partial charge in [0.25, 0.3) is 0 Å². The number of ether oxygens (including phenoxy) is 2. The van der Waals surface area contributed by atoms with Crippen LogP contribution in [-0.2, 0) is 11.2 Å². The van der Waals surface area contributed by atoms with Crippen molar-refractivity contribution in [2.24, 2.45) is 5.92 Å². The quantitative estimate of drug-likeness (QED) is 0.823. The molecule has 0 radical (unpaired) electrons. The molecule has 0 spiro atoms. The van der Waals surface area contributed by atoms with Crippen molar-refractivity contribution in [2.75, 3.05) is 18.5 Å². The van der Waals surface area contributed by atoms with Gasteiger partial charge in [0.15, 0.2) is 0 Å². The fraction of sp³-hybridized carbons (Fsp3) is 0.455.